The molecule has 7 nitrogen and oxygen atoms in total. The first-order valence-corrected chi connectivity index (χ1v) is 12.4. The number of aliphatic carboxylic acids is 1. The summed E-state index contributed by atoms with van der Waals surface area (Å²) in [5.41, 5.74) is 9.43. The summed E-state index contributed by atoms with van der Waals surface area (Å²) in [6, 6.07) is 25.9. The number of hydrogen-bond donors (Lipinski definition) is 4. The molecule has 0 spiro atoms. The van der Waals surface area contributed by atoms with Gasteiger partial charge in [0.1, 0.15) is 12.3 Å². The molecule has 3 aromatic rings. The molecule has 0 heterocycles. The molecule has 172 valence electrons. The van der Waals surface area contributed by atoms with Crippen LogP contribution in [0.15, 0.2) is 84.9 Å². The SMILES string of the molecule is N[C@H](c1ccccc1)P(=O)(O)C[C@@H](Cc1ccc(-c2ccccc2)cc1)C(=O)NCC(=O)O. The van der Waals surface area contributed by atoms with Gasteiger partial charge >= 0.3 is 5.97 Å². The maximum absolute atomic E-state index is 13.1. The summed E-state index contributed by atoms with van der Waals surface area (Å²) >= 11 is 0. The average molecular weight is 466 g/mol. The number of rotatable bonds is 10. The molecule has 3 aromatic carbocycles. The van der Waals surface area contributed by atoms with Crippen molar-refractivity contribution in [1.29, 1.82) is 0 Å². The Kier molecular flexibility index (Phi) is 8.17. The van der Waals surface area contributed by atoms with Gasteiger partial charge in [0.05, 0.1) is 5.92 Å². The number of nitrogens with two attached hydrogens (primary N) is 1. The van der Waals surface area contributed by atoms with Gasteiger partial charge in [0.2, 0.25) is 13.3 Å². The van der Waals surface area contributed by atoms with E-state index in [2.05, 4.69) is 5.32 Å². The highest BCUT2D eigenvalue weighted by Gasteiger charge is 2.35. The lowest BCUT2D eigenvalue weighted by Gasteiger charge is -2.24. The second kappa shape index (κ2) is 11.1. The van der Waals surface area contributed by atoms with Crippen LogP contribution in [0.1, 0.15) is 16.9 Å². The fourth-order valence-electron chi connectivity index (χ4n) is 3.61. The Labute approximate surface area is 192 Å². The first-order valence-electron chi connectivity index (χ1n) is 10.5. The molecule has 0 saturated carbocycles. The molecule has 0 saturated heterocycles. The van der Waals surface area contributed by atoms with Gasteiger partial charge in [-0.15, -0.1) is 0 Å². The molecule has 0 aromatic heterocycles. The number of hydrogen-bond acceptors (Lipinski definition) is 4. The Hall–Kier alpha value is -3.25. The standard InChI is InChI=1S/C25H27N2O5P/c26-24(21-9-5-2-6-10-21)33(31,32)17-22(25(30)27-16-23(28)29)15-18-11-13-20(14-12-18)19-7-3-1-4-8-19/h1-14,22,24H,15-17,26H2,(H,27,30)(H,28,29)(H,31,32)/t22-,24+/m1/s1. The number of carboxylic acid groups (broad SMARTS) is 1. The molecule has 0 fully saturated rings. The molecule has 3 atom stereocenters. The van der Waals surface area contributed by atoms with Gasteiger partial charge in [0.15, 0.2) is 0 Å². The molecule has 33 heavy (non-hydrogen) atoms. The quantitative estimate of drug-likeness (QED) is 0.338. The van der Waals surface area contributed by atoms with Crippen LogP contribution in [-0.4, -0.2) is 34.6 Å². The van der Waals surface area contributed by atoms with E-state index < -0.39 is 37.5 Å². The summed E-state index contributed by atoms with van der Waals surface area (Å²) < 4.78 is 13.1. The van der Waals surface area contributed by atoms with Crippen molar-refractivity contribution in [3.05, 3.63) is 96.1 Å². The lowest BCUT2D eigenvalue weighted by atomic mass is 9.97. The van der Waals surface area contributed by atoms with Crippen molar-refractivity contribution in [3.63, 3.8) is 0 Å². The van der Waals surface area contributed by atoms with Gasteiger partial charge in [-0.2, -0.15) is 0 Å². The maximum atomic E-state index is 13.1. The van der Waals surface area contributed by atoms with Crippen molar-refractivity contribution in [1.82, 2.24) is 5.32 Å². The smallest absolute Gasteiger partial charge is 0.322 e. The molecule has 0 aliphatic carbocycles. The zero-order valence-electron chi connectivity index (χ0n) is 18.0. The summed E-state index contributed by atoms with van der Waals surface area (Å²) in [5, 5.41) is 11.2. The van der Waals surface area contributed by atoms with Crippen molar-refractivity contribution < 1.29 is 24.2 Å². The van der Waals surface area contributed by atoms with E-state index in [0.717, 1.165) is 16.7 Å². The van der Waals surface area contributed by atoms with Crippen molar-refractivity contribution in [2.45, 2.75) is 12.2 Å². The minimum atomic E-state index is -3.99. The highest BCUT2D eigenvalue weighted by atomic mass is 31.2. The van der Waals surface area contributed by atoms with Gasteiger partial charge in [-0.25, -0.2) is 0 Å². The van der Waals surface area contributed by atoms with Gasteiger partial charge in [0, 0.05) is 6.16 Å². The maximum Gasteiger partial charge on any atom is 0.322 e. The highest BCUT2D eigenvalue weighted by molar-refractivity contribution is 7.58. The third-order valence-corrected chi connectivity index (χ3v) is 7.52. The number of carbonyl (C=O) groups excluding carboxylic acids is 1. The van der Waals surface area contributed by atoms with Crippen LogP contribution in [0.4, 0.5) is 0 Å². The Morgan fingerprint density at radius 3 is 2.00 bits per heavy atom. The Balaban J connectivity index is 1.79. The van der Waals surface area contributed by atoms with E-state index in [4.69, 9.17) is 10.8 Å². The van der Waals surface area contributed by atoms with Gasteiger partial charge in [-0.3, -0.25) is 14.2 Å². The van der Waals surface area contributed by atoms with E-state index in [0.29, 0.717) is 5.56 Å². The van der Waals surface area contributed by atoms with Crippen LogP contribution in [0.3, 0.4) is 0 Å². The lowest BCUT2D eigenvalue weighted by molar-refractivity contribution is -0.138. The third kappa shape index (κ3) is 6.86. The Morgan fingerprint density at radius 1 is 0.879 bits per heavy atom. The van der Waals surface area contributed by atoms with Crippen LogP contribution in [0.5, 0.6) is 0 Å². The summed E-state index contributed by atoms with van der Waals surface area (Å²) in [5.74, 6) is -3.85. The number of carbonyl (C=O) groups is 2. The van der Waals surface area contributed by atoms with Crippen molar-refractivity contribution in [2.24, 2.45) is 11.7 Å². The van der Waals surface area contributed by atoms with Crippen LogP contribution in [0.2, 0.25) is 0 Å². The molecule has 0 radical (unpaired) electrons. The van der Waals surface area contributed by atoms with Gasteiger partial charge < -0.3 is 21.1 Å². The van der Waals surface area contributed by atoms with E-state index in [1.807, 2.05) is 54.6 Å². The van der Waals surface area contributed by atoms with E-state index >= 15 is 0 Å². The van der Waals surface area contributed by atoms with Gasteiger partial charge in [-0.1, -0.05) is 84.9 Å². The number of amides is 1. The summed E-state index contributed by atoms with van der Waals surface area (Å²) in [6.45, 7) is -0.567. The van der Waals surface area contributed by atoms with E-state index in [-0.39, 0.29) is 12.6 Å². The van der Waals surface area contributed by atoms with Crippen LogP contribution in [0, 0.1) is 5.92 Å². The van der Waals surface area contributed by atoms with E-state index in [1.54, 1.807) is 30.3 Å². The zero-order valence-corrected chi connectivity index (χ0v) is 18.9. The first-order chi connectivity index (χ1) is 15.8. The molecule has 0 aliphatic heterocycles. The monoisotopic (exact) mass is 466 g/mol. The average Bonchev–Trinajstić information content (AvgIpc) is 2.83. The molecule has 5 N–H and O–H groups in total. The number of benzene rings is 3. The Morgan fingerprint density at radius 2 is 1.42 bits per heavy atom. The summed E-state index contributed by atoms with van der Waals surface area (Å²) in [7, 11) is -3.99. The van der Waals surface area contributed by atoms with Crippen molar-refractivity contribution >= 4 is 19.2 Å². The number of carboxylic acids is 1. The molecule has 3 rings (SSSR count). The van der Waals surface area contributed by atoms with E-state index in [1.165, 1.54) is 0 Å². The third-order valence-electron chi connectivity index (χ3n) is 5.39. The van der Waals surface area contributed by atoms with E-state index in [9.17, 15) is 19.0 Å². The second-order valence-electron chi connectivity index (χ2n) is 7.87. The fourth-order valence-corrected chi connectivity index (χ4v) is 5.40. The van der Waals surface area contributed by atoms with Gasteiger partial charge in [0.25, 0.3) is 0 Å². The van der Waals surface area contributed by atoms with Gasteiger partial charge in [-0.05, 0) is 28.7 Å². The molecule has 0 bridgehead atoms. The molecule has 8 heteroatoms. The summed E-state index contributed by atoms with van der Waals surface area (Å²) in [6.07, 6.45) is -0.193. The highest BCUT2D eigenvalue weighted by Crippen LogP contribution is 2.54. The molecule has 0 aliphatic rings. The first kappa shape index (κ1) is 24.4. The normalized spacial score (nSPS) is 14.6. The topological polar surface area (TPSA) is 130 Å². The number of nitrogens with one attached hydrogen (secondary N) is 1. The molecule has 1 unspecified atom stereocenters. The minimum absolute atomic E-state index is 0.173. The van der Waals surface area contributed by atoms with Crippen LogP contribution in [-0.2, 0) is 20.6 Å². The largest absolute Gasteiger partial charge is 0.480 e. The molecular formula is C25H27N2O5P. The molecular weight excluding hydrogens is 439 g/mol. The lowest BCUT2D eigenvalue weighted by Crippen LogP contribution is -2.37. The van der Waals surface area contributed by atoms with Crippen molar-refractivity contribution in [2.75, 3.05) is 12.7 Å². The molecule has 1 amide bonds. The van der Waals surface area contributed by atoms with Crippen LogP contribution < -0.4 is 11.1 Å². The minimum Gasteiger partial charge on any atom is -0.480 e. The van der Waals surface area contributed by atoms with Crippen LogP contribution in [0.25, 0.3) is 11.1 Å². The fraction of sp³-hybridized carbons (Fsp3) is 0.200. The van der Waals surface area contributed by atoms with Crippen molar-refractivity contribution in [3.8, 4) is 11.1 Å². The predicted molar refractivity (Wildman–Crippen MR) is 128 cm³/mol. The second-order valence-corrected chi connectivity index (χ2v) is 10.3. The zero-order chi connectivity index (χ0) is 23.8. The Bertz CT molecular complexity index is 1120. The predicted octanol–water partition coefficient (Wildman–Crippen LogP) is 3.64. The summed E-state index contributed by atoms with van der Waals surface area (Å²) in [4.78, 5) is 34.4. The van der Waals surface area contributed by atoms with Crippen LogP contribution >= 0.6 is 7.37 Å².